The van der Waals surface area contributed by atoms with E-state index in [1.807, 2.05) is 26.0 Å². The van der Waals surface area contributed by atoms with Gasteiger partial charge in [-0.25, -0.2) is 0 Å². The highest BCUT2D eigenvalue weighted by atomic mass is 16.5. The first kappa shape index (κ1) is 13.4. The van der Waals surface area contributed by atoms with E-state index >= 15 is 0 Å². The molecule has 17 heavy (non-hydrogen) atoms. The van der Waals surface area contributed by atoms with E-state index in [0.717, 1.165) is 11.8 Å². The van der Waals surface area contributed by atoms with Gasteiger partial charge in [0.05, 0.1) is 12.0 Å². The van der Waals surface area contributed by atoms with Gasteiger partial charge in [0, 0.05) is 5.56 Å². The van der Waals surface area contributed by atoms with E-state index in [1.165, 1.54) is 0 Å². The first-order valence-electron chi connectivity index (χ1n) is 5.71. The molecule has 0 heterocycles. The first-order valence-corrected chi connectivity index (χ1v) is 5.71. The summed E-state index contributed by atoms with van der Waals surface area (Å²) in [6, 6.07) is 7.24. The summed E-state index contributed by atoms with van der Waals surface area (Å²) in [7, 11) is 0. The van der Waals surface area contributed by atoms with Crippen molar-refractivity contribution in [3.05, 3.63) is 35.4 Å². The van der Waals surface area contributed by atoms with Crippen LogP contribution in [0, 0.1) is 5.41 Å². The molecule has 0 saturated heterocycles. The average molecular weight is 234 g/mol. The molecule has 0 aliphatic heterocycles. The van der Waals surface area contributed by atoms with Gasteiger partial charge in [-0.2, -0.15) is 0 Å². The maximum absolute atomic E-state index is 11.7. The summed E-state index contributed by atoms with van der Waals surface area (Å²) in [5, 5.41) is 0. The number of hydrogen-bond acceptors (Lipinski definition) is 3. The van der Waals surface area contributed by atoms with Gasteiger partial charge >= 0.3 is 5.97 Å². The Labute approximate surface area is 102 Å². The van der Waals surface area contributed by atoms with Gasteiger partial charge in [-0.3, -0.25) is 9.59 Å². The molecule has 0 aliphatic carbocycles. The van der Waals surface area contributed by atoms with Crippen LogP contribution in [0.3, 0.4) is 0 Å². The van der Waals surface area contributed by atoms with Crippen LogP contribution in [0.1, 0.15) is 36.7 Å². The minimum absolute atomic E-state index is 0.195. The SMILES string of the molecule is CCOC(=O)C(C)(C)Cc1ccc(C=O)cc1. The van der Waals surface area contributed by atoms with Gasteiger partial charge in [0.15, 0.2) is 0 Å². The lowest BCUT2D eigenvalue weighted by Crippen LogP contribution is -2.28. The molecule has 0 spiro atoms. The highest BCUT2D eigenvalue weighted by molar-refractivity contribution is 5.77. The molecule has 0 fully saturated rings. The Hall–Kier alpha value is -1.64. The second-order valence-corrected chi connectivity index (χ2v) is 4.64. The van der Waals surface area contributed by atoms with Gasteiger partial charge in [0.1, 0.15) is 6.29 Å². The van der Waals surface area contributed by atoms with Crippen molar-refractivity contribution in [1.82, 2.24) is 0 Å². The molecular weight excluding hydrogens is 216 g/mol. The van der Waals surface area contributed by atoms with E-state index in [2.05, 4.69) is 0 Å². The molecule has 0 atom stereocenters. The summed E-state index contributed by atoms with van der Waals surface area (Å²) >= 11 is 0. The molecular formula is C14H18O3. The maximum Gasteiger partial charge on any atom is 0.311 e. The van der Waals surface area contributed by atoms with Crippen LogP contribution < -0.4 is 0 Å². The smallest absolute Gasteiger partial charge is 0.311 e. The zero-order valence-corrected chi connectivity index (χ0v) is 10.5. The van der Waals surface area contributed by atoms with Crippen LogP contribution >= 0.6 is 0 Å². The molecule has 1 aromatic rings. The lowest BCUT2D eigenvalue weighted by molar-refractivity contribution is -0.153. The number of benzene rings is 1. The number of carbonyl (C=O) groups excluding carboxylic acids is 2. The molecule has 0 unspecified atom stereocenters. The van der Waals surface area contributed by atoms with Gasteiger partial charge < -0.3 is 4.74 Å². The predicted octanol–water partition coefficient (Wildman–Crippen LogP) is 2.63. The highest BCUT2D eigenvalue weighted by Crippen LogP contribution is 2.23. The summed E-state index contributed by atoms with van der Waals surface area (Å²) < 4.78 is 5.03. The molecule has 0 radical (unpaired) electrons. The third-order valence-corrected chi connectivity index (χ3v) is 2.59. The van der Waals surface area contributed by atoms with E-state index in [9.17, 15) is 9.59 Å². The Kier molecular flexibility index (Phi) is 4.44. The molecule has 92 valence electrons. The standard InChI is InChI=1S/C14H18O3/c1-4-17-13(16)14(2,3)9-11-5-7-12(10-15)8-6-11/h5-8,10H,4,9H2,1-3H3. The normalized spacial score (nSPS) is 11.0. The van der Waals surface area contributed by atoms with E-state index in [-0.39, 0.29) is 5.97 Å². The van der Waals surface area contributed by atoms with Gasteiger partial charge in [0.2, 0.25) is 0 Å². The molecule has 3 nitrogen and oxygen atoms in total. The molecule has 0 bridgehead atoms. The number of rotatable bonds is 5. The molecule has 0 amide bonds. The van der Waals surface area contributed by atoms with E-state index in [4.69, 9.17) is 4.74 Å². The average Bonchev–Trinajstić information content (AvgIpc) is 2.30. The van der Waals surface area contributed by atoms with E-state index < -0.39 is 5.41 Å². The fourth-order valence-corrected chi connectivity index (χ4v) is 1.62. The number of ether oxygens (including phenoxy) is 1. The van der Waals surface area contributed by atoms with Crippen molar-refractivity contribution in [2.45, 2.75) is 27.2 Å². The van der Waals surface area contributed by atoms with Gasteiger partial charge in [-0.15, -0.1) is 0 Å². The number of esters is 1. The number of hydrogen-bond donors (Lipinski definition) is 0. The van der Waals surface area contributed by atoms with Gasteiger partial charge in [-0.1, -0.05) is 24.3 Å². The summed E-state index contributed by atoms with van der Waals surface area (Å²) in [4.78, 5) is 22.2. The fourth-order valence-electron chi connectivity index (χ4n) is 1.62. The Balaban J connectivity index is 2.74. The summed E-state index contributed by atoms with van der Waals surface area (Å²) in [6.07, 6.45) is 1.41. The summed E-state index contributed by atoms with van der Waals surface area (Å²) in [6.45, 7) is 5.91. The van der Waals surface area contributed by atoms with Crippen LogP contribution in [0.2, 0.25) is 0 Å². The van der Waals surface area contributed by atoms with Crippen LogP contribution in [0.5, 0.6) is 0 Å². The zero-order chi connectivity index (χ0) is 12.9. The van der Waals surface area contributed by atoms with Crippen LogP contribution in [0.15, 0.2) is 24.3 Å². The minimum Gasteiger partial charge on any atom is -0.466 e. The summed E-state index contributed by atoms with van der Waals surface area (Å²) in [5.74, 6) is -0.195. The molecule has 3 heteroatoms. The Morgan fingerprint density at radius 3 is 2.35 bits per heavy atom. The molecule has 0 aliphatic rings. The van der Waals surface area contributed by atoms with Crippen LogP contribution in [0.4, 0.5) is 0 Å². The third kappa shape index (κ3) is 3.70. The topological polar surface area (TPSA) is 43.4 Å². The summed E-state index contributed by atoms with van der Waals surface area (Å²) in [5.41, 5.74) is 1.12. The Morgan fingerprint density at radius 2 is 1.88 bits per heavy atom. The van der Waals surface area contributed by atoms with Crippen molar-refractivity contribution in [3.63, 3.8) is 0 Å². The monoisotopic (exact) mass is 234 g/mol. The zero-order valence-electron chi connectivity index (χ0n) is 10.5. The molecule has 1 rings (SSSR count). The van der Waals surface area contributed by atoms with Crippen molar-refractivity contribution < 1.29 is 14.3 Å². The second-order valence-electron chi connectivity index (χ2n) is 4.64. The van der Waals surface area contributed by atoms with Crippen molar-refractivity contribution >= 4 is 12.3 Å². The van der Waals surface area contributed by atoms with E-state index in [0.29, 0.717) is 18.6 Å². The largest absolute Gasteiger partial charge is 0.466 e. The molecule has 0 N–H and O–H groups in total. The maximum atomic E-state index is 11.7. The van der Waals surface area contributed by atoms with Crippen molar-refractivity contribution in [1.29, 1.82) is 0 Å². The Bertz CT molecular complexity index is 390. The Morgan fingerprint density at radius 1 is 1.29 bits per heavy atom. The van der Waals surface area contributed by atoms with Gasteiger partial charge in [0.25, 0.3) is 0 Å². The molecule has 0 saturated carbocycles. The van der Waals surface area contributed by atoms with Crippen LogP contribution in [-0.2, 0) is 16.0 Å². The predicted molar refractivity (Wildman–Crippen MR) is 65.9 cm³/mol. The second kappa shape index (κ2) is 5.62. The van der Waals surface area contributed by atoms with Crippen LogP contribution in [-0.4, -0.2) is 18.9 Å². The molecule has 0 aromatic heterocycles. The van der Waals surface area contributed by atoms with Crippen molar-refractivity contribution in [3.8, 4) is 0 Å². The van der Waals surface area contributed by atoms with Crippen molar-refractivity contribution in [2.75, 3.05) is 6.61 Å². The quantitative estimate of drug-likeness (QED) is 0.581. The number of carbonyl (C=O) groups is 2. The van der Waals surface area contributed by atoms with Crippen LogP contribution in [0.25, 0.3) is 0 Å². The lowest BCUT2D eigenvalue weighted by Gasteiger charge is -2.22. The minimum atomic E-state index is -0.543. The number of aldehydes is 1. The first-order chi connectivity index (χ1) is 7.99. The van der Waals surface area contributed by atoms with Gasteiger partial charge in [-0.05, 0) is 32.8 Å². The lowest BCUT2D eigenvalue weighted by atomic mass is 9.85. The third-order valence-electron chi connectivity index (χ3n) is 2.59. The fraction of sp³-hybridized carbons (Fsp3) is 0.429. The van der Waals surface area contributed by atoms with E-state index in [1.54, 1.807) is 19.1 Å². The van der Waals surface area contributed by atoms with Crippen molar-refractivity contribution in [2.24, 2.45) is 5.41 Å². The highest BCUT2D eigenvalue weighted by Gasteiger charge is 2.29. The molecule has 1 aromatic carbocycles.